The topological polar surface area (TPSA) is 110 Å². The molecule has 8 nitrogen and oxygen atoms in total. The second kappa shape index (κ2) is 8.41. The molecule has 2 heterocycles. The molecule has 0 amide bonds. The molecule has 3 aliphatic rings. The minimum atomic E-state index is -0.507. The van der Waals surface area contributed by atoms with E-state index in [-0.39, 0.29) is 16.5 Å². The Morgan fingerprint density at radius 3 is 2.71 bits per heavy atom. The highest BCUT2D eigenvalue weighted by atomic mass is 32.1. The number of fused-ring (bicyclic) bond motifs is 1. The van der Waals surface area contributed by atoms with Gasteiger partial charge in [-0.3, -0.25) is 20.1 Å². The van der Waals surface area contributed by atoms with Crippen LogP contribution in [0.4, 0.5) is 0 Å². The minimum absolute atomic E-state index is 0.0242. The molecule has 0 saturated carbocycles. The quantitative estimate of drug-likeness (QED) is 0.577. The van der Waals surface area contributed by atoms with Crippen LogP contribution in [0.3, 0.4) is 0 Å². The van der Waals surface area contributed by atoms with Crippen molar-refractivity contribution in [3.63, 3.8) is 0 Å². The summed E-state index contributed by atoms with van der Waals surface area (Å²) in [4.78, 5) is 28.1. The number of benzene rings is 1. The highest BCUT2D eigenvalue weighted by molar-refractivity contribution is 7.11. The molecule has 2 aliphatic heterocycles. The van der Waals surface area contributed by atoms with Crippen LogP contribution < -0.4 is 30.4 Å². The number of allylic oxidation sites excluding steroid dienone is 4. The largest absolute Gasteiger partial charge is 0.493 e. The van der Waals surface area contributed by atoms with E-state index in [1.165, 1.54) is 35.3 Å². The van der Waals surface area contributed by atoms with Crippen LogP contribution in [-0.4, -0.2) is 34.3 Å². The molecule has 0 aromatic heterocycles. The second-order valence-electron chi connectivity index (χ2n) is 6.52. The van der Waals surface area contributed by atoms with E-state index in [1.54, 1.807) is 42.5 Å². The van der Waals surface area contributed by atoms with Crippen molar-refractivity contribution in [3.05, 3.63) is 86.4 Å². The number of ketones is 1. The molecule has 9 heteroatoms. The minimum Gasteiger partial charge on any atom is -0.493 e. The summed E-state index contributed by atoms with van der Waals surface area (Å²) in [6, 6.07) is 5.22. The Morgan fingerprint density at radius 2 is 2.00 bits per heavy atom. The maximum atomic E-state index is 12.6. The van der Waals surface area contributed by atoms with Crippen LogP contribution in [0.2, 0.25) is 0 Å². The number of H-pyrrole nitrogens is 1. The van der Waals surface area contributed by atoms with Gasteiger partial charge in [-0.15, -0.1) is 0 Å². The molecule has 0 fully saturated rings. The summed E-state index contributed by atoms with van der Waals surface area (Å²) in [5.74, 6) is 0.963. The normalized spacial score (nSPS) is 13.8. The van der Waals surface area contributed by atoms with Gasteiger partial charge >= 0.3 is 0 Å². The van der Waals surface area contributed by atoms with Crippen molar-refractivity contribution in [2.75, 3.05) is 13.7 Å². The van der Waals surface area contributed by atoms with Gasteiger partial charge in [-0.25, -0.2) is 4.68 Å². The Bertz CT molecular complexity index is 1440. The van der Waals surface area contributed by atoms with E-state index >= 15 is 0 Å². The van der Waals surface area contributed by atoms with Gasteiger partial charge in [0, 0.05) is 5.57 Å². The fourth-order valence-corrected chi connectivity index (χ4v) is 3.90. The molecule has 1 aromatic rings. The van der Waals surface area contributed by atoms with Crippen LogP contribution in [0.25, 0.3) is 16.8 Å². The van der Waals surface area contributed by atoms with Crippen molar-refractivity contribution in [3.8, 4) is 16.6 Å². The van der Waals surface area contributed by atoms with Gasteiger partial charge in [-0.05, 0) is 48.1 Å². The first-order chi connectivity index (χ1) is 15.0. The Kier molecular flexibility index (Phi) is 5.50. The summed E-state index contributed by atoms with van der Waals surface area (Å²) >= 11 is 1.23. The number of nitrogens with one attached hydrogen (secondary N) is 2. The number of ether oxygens (including phenoxy) is 2. The predicted molar refractivity (Wildman–Crippen MR) is 117 cm³/mol. The third kappa shape index (κ3) is 4.03. The monoisotopic (exact) mass is 434 g/mol. The number of nitrogens with zero attached hydrogens (tertiary/aromatic N) is 2. The van der Waals surface area contributed by atoms with E-state index in [2.05, 4.69) is 16.7 Å². The number of carbonyl (C=O) groups is 1. The van der Waals surface area contributed by atoms with Crippen LogP contribution in [-0.2, 0) is 4.79 Å². The lowest BCUT2D eigenvalue weighted by Gasteiger charge is -2.09. The Balaban J connectivity index is 1.85. The Hall–Kier alpha value is -3.98. The third-order valence-electron chi connectivity index (χ3n) is 4.48. The molecule has 1 aromatic carbocycles. The lowest BCUT2D eigenvalue weighted by molar-refractivity contribution is -0.110. The SMILES string of the molecule is C=CCOc1ccc(/C=c2/c(=O)nc3sc(=C4C=CC(=O)C=C4)[nH]n-3c2=N)cc1OC. The summed E-state index contributed by atoms with van der Waals surface area (Å²) in [5, 5.41) is 12.1. The van der Waals surface area contributed by atoms with Crippen molar-refractivity contribution < 1.29 is 14.3 Å². The number of methoxy groups -OCH3 is 1. The van der Waals surface area contributed by atoms with Crippen molar-refractivity contribution >= 4 is 28.8 Å². The number of carbonyl (C=O) groups excluding carboxylic acids is 1. The Morgan fingerprint density at radius 1 is 1.23 bits per heavy atom. The van der Waals surface area contributed by atoms with Crippen molar-refractivity contribution in [1.29, 1.82) is 5.41 Å². The molecule has 0 radical (unpaired) electrons. The Labute approximate surface area is 180 Å². The van der Waals surface area contributed by atoms with Gasteiger partial charge in [-0.2, -0.15) is 4.98 Å². The maximum absolute atomic E-state index is 12.6. The summed E-state index contributed by atoms with van der Waals surface area (Å²) in [6.07, 6.45) is 9.50. The lowest BCUT2D eigenvalue weighted by atomic mass is 10.1. The van der Waals surface area contributed by atoms with Crippen LogP contribution in [0, 0.1) is 5.41 Å². The number of rotatable bonds is 5. The summed E-state index contributed by atoms with van der Waals surface area (Å²) in [6.45, 7) is 3.96. The number of hydrogen-bond donors (Lipinski definition) is 2. The molecule has 2 N–H and O–H groups in total. The van der Waals surface area contributed by atoms with Gasteiger partial charge in [0.2, 0.25) is 5.13 Å². The fourth-order valence-electron chi connectivity index (χ4n) is 2.97. The van der Waals surface area contributed by atoms with E-state index in [1.807, 2.05) is 0 Å². The highest BCUT2D eigenvalue weighted by Crippen LogP contribution is 2.28. The molecule has 0 saturated heterocycles. The number of hydrogen-bond acceptors (Lipinski definition) is 7. The van der Waals surface area contributed by atoms with Gasteiger partial charge < -0.3 is 9.47 Å². The van der Waals surface area contributed by atoms with E-state index in [4.69, 9.17) is 14.9 Å². The van der Waals surface area contributed by atoms with Gasteiger partial charge in [0.25, 0.3) is 5.56 Å². The molecule has 0 atom stereocenters. The molecule has 156 valence electrons. The van der Waals surface area contributed by atoms with Crippen molar-refractivity contribution in [2.24, 2.45) is 0 Å². The van der Waals surface area contributed by atoms with Gasteiger partial charge in [0.05, 0.1) is 12.3 Å². The summed E-state index contributed by atoms with van der Waals surface area (Å²) in [7, 11) is 1.53. The molecule has 0 bridgehead atoms. The third-order valence-corrected chi connectivity index (χ3v) is 5.46. The first kappa shape index (κ1) is 20.3. The molecule has 1 aliphatic carbocycles. The summed E-state index contributed by atoms with van der Waals surface area (Å²) < 4.78 is 13.0. The molecular weight excluding hydrogens is 416 g/mol. The second-order valence-corrected chi connectivity index (χ2v) is 7.50. The van der Waals surface area contributed by atoms with Crippen LogP contribution in [0.15, 0.2) is 60.0 Å². The lowest BCUT2D eigenvalue weighted by Crippen LogP contribution is -2.47. The maximum Gasteiger partial charge on any atom is 0.283 e. The average Bonchev–Trinajstić information content (AvgIpc) is 3.20. The predicted octanol–water partition coefficient (Wildman–Crippen LogP) is 0.787. The summed E-state index contributed by atoms with van der Waals surface area (Å²) in [5.41, 5.74) is 0.903. The molecule has 0 spiro atoms. The van der Waals surface area contributed by atoms with E-state index in [0.29, 0.717) is 33.5 Å². The first-order valence-electron chi connectivity index (χ1n) is 9.24. The van der Waals surface area contributed by atoms with Gasteiger partial charge in [0.15, 0.2) is 22.8 Å². The highest BCUT2D eigenvalue weighted by Gasteiger charge is 2.12. The zero-order valence-corrected chi connectivity index (χ0v) is 17.4. The fraction of sp³-hybridized carbons (Fsp3) is 0.0909. The van der Waals surface area contributed by atoms with Gasteiger partial charge in [-0.1, -0.05) is 30.1 Å². The van der Waals surface area contributed by atoms with Gasteiger partial charge in [0.1, 0.15) is 11.3 Å². The van der Waals surface area contributed by atoms with E-state index < -0.39 is 5.56 Å². The smallest absolute Gasteiger partial charge is 0.283 e. The average molecular weight is 434 g/mol. The zero-order chi connectivity index (χ0) is 22.0. The van der Waals surface area contributed by atoms with Crippen LogP contribution in [0.1, 0.15) is 5.56 Å². The van der Waals surface area contributed by atoms with E-state index in [0.717, 1.165) is 5.57 Å². The molecule has 0 unspecified atom stereocenters. The zero-order valence-electron chi connectivity index (χ0n) is 16.5. The number of aromatic nitrogens is 3. The van der Waals surface area contributed by atoms with Crippen LogP contribution >= 0.6 is 11.3 Å². The van der Waals surface area contributed by atoms with Crippen molar-refractivity contribution in [2.45, 2.75) is 0 Å². The molecule has 4 rings (SSSR count). The molecule has 31 heavy (non-hydrogen) atoms. The number of aromatic amines is 1. The van der Waals surface area contributed by atoms with Crippen LogP contribution in [0.5, 0.6) is 11.5 Å². The standard InChI is InChI=1S/C22H18N4O4S/c1-3-10-30-17-9-4-13(12-18(17)29-2)11-16-19(23)26-22(24-20(16)28)31-21(25-26)14-5-7-15(27)8-6-14/h3-9,11-12,23,25H,1,10H2,2H3/b16-11+,23-19?. The van der Waals surface area contributed by atoms with E-state index in [9.17, 15) is 9.59 Å². The molecular formula is C22H18N4O4S. The first-order valence-corrected chi connectivity index (χ1v) is 10.1. The van der Waals surface area contributed by atoms with Crippen molar-refractivity contribution in [1.82, 2.24) is 14.8 Å².